The average molecular weight is 415 g/mol. The fraction of sp³-hybridized carbons (Fsp3) is 0.154. The Morgan fingerprint density at radius 1 is 0.677 bits per heavy atom. The van der Waals surface area contributed by atoms with Crippen molar-refractivity contribution in [1.29, 1.82) is 0 Å². The minimum Gasteiger partial charge on any atom is -0.497 e. The smallest absolute Gasteiger partial charge is 0.161 e. The maximum absolute atomic E-state index is 5.99. The molecule has 0 unspecified atom stereocenters. The van der Waals surface area contributed by atoms with Crippen molar-refractivity contribution >= 4 is 0 Å². The Bertz CT molecular complexity index is 1150. The van der Waals surface area contributed by atoms with Crippen LogP contribution in [-0.2, 0) is 6.61 Å². The topological polar surface area (TPSA) is 52.7 Å². The van der Waals surface area contributed by atoms with Crippen molar-refractivity contribution in [3.05, 3.63) is 84.6 Å². The first-order valence-electron chi connectivity index (χ1n) is 9.97. The van der Waals surface area contributed by atoms with Gasteiger partial charge in [0.2, 0.25) is 0 Å². The molecule has 31 heavy (non-hydrogen) atoms. The highest BCUT2D eigenvalue weighted by Crippen LogP contribution is 2.36. The van der Waals surface area contributed by atoms with Crippen LogP contribution in [0.3, 0.4) is 0 Å². The van der Waals surface area contributed by atoms with E-state index >= 15 is 0 Å². The van der Waals surface area contributed by atoms with Crippen molar-refractivity contribution in [3.63, 3.8) is 0 Å². The number of ether oxygens (including phenoxy) is 4. The summed E-state index contributed by atoms with van der Waals surface area (Å²) >= 11 is 0. The van der Waals surface area contributed by atoms with E-state index in [9.17, 15) is 0 Å². The Morgan fingerprint density at radius 3 is 2.19 bits per heavy atom. The van der Waals surface area contributed by atoms with Crippen molar-refractivity contribution in [1.82, 2.24) is 4.98 Å². The number of nitrogens with one attached hydrogen (secondary N) is 1. The summed E-state index contributed by atoms with van der Waals surface area (Å²) in [5.41, 5.74) is 5.15. The van der Waals surface area contributed by atoms with Crippen molar-refractivity contribution in [2.75, 3.05) is 21.3 Å². The highest BCUT2D eigenvalue weighted by molar-refractivity contribution is 5.76. The molecule has 0 spiro atoms. The van der Waals surface area contributed by atoms with Crippen LogP contribution in [0.15, 0.2) is 79.0 Å². The fourth-order valence-electron chi connectivity index (χ4n) is 3.44. The number of aromatic nitrogens is 1. The molecule has 0 atom stereocenters. The zero-order valence-corrected chi connectivity index (χ0v) is 17.8. The van der Waals surface area contributed by atoms with E-state index in [0.29, 0.717) is 18.1 Å². The summed E-state index contributed by atoms with van der Waals surface area (Å²) in [5.74, 6) is 3.04. The lowest BCUT2D eigenvalue weighted by molar-refractivity contribution is 0.284. The van der Waals surface area contributed by atoms with Crippen LogP contribution in [0.2, 0.25) is 0 Å². The average Bonchev–Trinajstić information content (AvgIpc) is 3.33. The third-order valence-corrected chi connectivity index (χ3v) is 5.13. The Labute approximate surface area is 182 Å². The Kier molecular flexibility index (Phi) is 6.13. The van der Waals surface area contributed by atoms with Crippen LogP contribution in [0.25, 0.3) is 22.4 Å². The van der Waals surface area contributed by atoms with Crippen LogP contribution >= 0.6 is 0 Å². The molecule has 0 radical (unpaired) electrons. The molecule has 5 nitrogen and oxygen atoms in total. The van der Waals surface area contributed by atoms with E-state index in [-0.39, 0.29) is 0 Å². The summed E-state index contributed by atoms with van der Waals surface area (Å²) in [4.78, 5) is 3.35. The number of aromatic amines is 1. The first kappa shape index (κ1) is 20.4. The molecule has 4 aromatic rings. The Hall–Kier alpha value is -3.86. The van der Waals surface area contributed by atoms with E-state index in [1.54, 1.807) is 21.3 Å². The monoisotopic (exact) mass is 415 g/mol. The zero-order chi connectivity index (χ0) is 21.6. The van der Waals surface area contributed by atoms with Crippen LogP contribution in [0.1, 0.15) is 5.56 Å². The predicted molar refractivity (Wildman–Crippen MR) is 122 cm³/mol. The van der Waals surface area contributed by atoms with Crippen LogP contribution in [-0.4, -0.2) is 26.3 Å². The van der Waals surface area contributed by atoms with Crippen molar-refractivity contribution in [3.8, 4) is 45.4 Å². The largest absolute Gasteiger partial charge is 0.497 e. The minimum absolute atomic E-state index is 0.445. The number of H-pyrrole nitrogens is 1. The normalized spacial score (nSPS) is 10.5. The van der Waals surface area contributed by atoms with Gasteiger partial charge >= 0.3 is 0 Å². The second kappa shape index (κ2) is 9.30. The zero-order valence-electron chi connectivity index (χ0n) is 17.8. The van der Waals surface area contributed by atoms with Crippen LogP contribution in [0, 0.1) is 0 Å². The van der Waals surface area contributed by atoms with E-state index in [1.807, 2.05) is 72.9 Å². The molecule has 1 N–H and O–H groups in total. The Morgan fingerprint density at radius 2 is 1.45 bits per heavy atom. The van der Waals surface area contributed by atoms with Gasteiger partial charge in [-0.3, -0.25) is 0 Å². The summed E-state index contributed by atoms with van der Waals surface area (Å²) in [6, 6.07) is 23.8. The summed E-state index contributed by atoms with van der Waals surface area (Å²) < 4.78 is 22.3. The summed E-state index contributed by atoms with van der Waals surface area (Å²) in [6.07, 6.45) is 1.98. The maximum Gasteiger partial charge on any atom is 0.161 e. The quantitative estimate of drug-likeness (QED) is 0.386. The van der Waals surface area contributed by atoms with Gasteiger partial charge in [0.25, 0.3) is 0 Å². The highest BCUT2D eigenvalue weighted by Gasteiger charge is 2.11. The van der Waals surface area contributed by atoms with Gasteiger partial charge in [-0.1, -0.05) is 30.3 Å². The number of hydrogen-bond acceptors (Lipinski definition) is 4. The number of para-hydroxylation sites is 1. The molecular weight excluding hydrogens is 390 g/mol. The van der Waals surface area contributed by atoms with Gasteiger partial charge in [0.05, 0.1) is 21.3 Å². The van der Waals surface area contributed by atoms with Gasteiger partial charge < -0.3 is 23.9 Å². The molecule has 0 aliphatic carbocycles. The van der Waals surface area contributed by atoms with Gasteiger partial charge in [-0.25, -0.2) is 0 Å². The van der Waals surface area contributed by atoms with Gasteiger partial charge in [-0.2, -0.15) is 0 Å². The first-order valence-corrected chi connectivity index (χ1v) is 9.97. The van der Waals surface area contributed by atoms with E-state index < -0.39 is 0 Å². The molecule has 0 aliphatic heterocycles. The number of hydrogen-bond donors (Lipinski definition) is 1. The van der Waals surface area contributed by atoms with Gasteiger partial charge in [0.15, 0.2) is 11.5 Å². The van der Waals surface area contributed by atoms with E-state index in [1.165, 1.54) is 0 Å². The fourth-order valence-corrected chi connectivity index (χ4v) is 3.44. The molecule has 0 saturated carbocycles. The van der Waals surface area contributed by atoms with Gasteiger partial charge in [-0.05, 0) is 48.0 Å². The molecule has 3 aromatic carbocycles. The maximum atomic E-state index is 5.99. The second-order valence-corrected chi connectivity index (χ2v) is 7.00. The van der Waals surface area contributed by atoms with Crippen molar-refractivity contribution < 1.29 is 18.9 Å². The molecule has 158 valence electrons. The molecule has 1 aromatic heterocycles. The van der Waals surface area contributed by atoms with Crippen LogP contribution < -0.4 is 18.9 Å². The summed E-state index contributed by atoms with van der Waals surface area (Å²) in [5, 5.41) is 0. The Balaban J connectivity index is 1.53. The molecule has 0 fully saturated rings. The molecule has 0 bridgehead atoms. The lowest BCUT2D eigenvalue weighted by Gasteiger charge is -2.12. The summed E-state index contributed by atoms with van der Waals surface area (Å²) in [6.45, 7) is 0.445. The molecule has 1 heterocycles. The first-order chi connectivity index (χ1) is 15.2. The van der Waals surface area contributed by atoms with E-state index in [2.05, 4.69) is 11.1 Å². The van der Waals surface area contributed by atoms with Crippen molar-refractivity contribution in [2.24, 2.45) is 0 Å². The lowest BCUT2D eigenvalue weighted by Crippen LogP contribution is -1.98. The van der Waals surface area contributed by atoms with Crippen LogP contribution in [0.5, 0.6) is 23.0 Å². The molecule has 0 saturated heterocycles. The molecule has 4 rings (SSSR count). The third kappa shape index (κ3) is 4.51. The van der Waals surface area contributed by atoms with Gasteiger partial charge in [0.1, 0.15) is 18.1 Å². The summed E-state index contributed by atoms with van der Waals surface area (Å²) in [7, 11) is 4.98. The van der Waals surface area contributed by atoms with Gasteiger partial charge in [0, 0.05) is 28.6 Å². The van der Waals surface area contributed by atoms with Crippen LogP contribution in [0.4, 0.5) is 0 Å². The molecule has 0 amide bonds. The molecule has 5 heteroatoms. The molecular formula is C26H25NO4. The van der Waals surface area contributed by atoms with E-state index in [4.69, 9.17) is 18.9 Å². The standard InChI is InChI=1S/C26H25NO4/c1-28-21-11-8-18(9-12-21)17-31-25-13-10-19(15-26(25)30-3)23-14-20(16-27-23)22-6-4-5-7-24(22)29-2/h4-16,27H,17H2,1-3H3. The second-order valence-electron chi connectivity index (χ2n) is 7.00. The lowest BCUT2D eigenvalue weighted by atomic mass is 10.1. The SMILES string of the molecule is COc1ccc(COc2ccc(-c3cc(-c4ccccc4OC)c[nH]3)cc2OC)cc1. The number of benzene rings is 3. The minimum atomic E-state index is 0.445. The third-order valence-electron chi connectivity index (χ3n) is 5.13. The number of methoxy groups -OCH3 is 3. The molecule has 0 aliphatic rings. The van der Waals surface area contributed by atoms with Crippen molar-refractivity contribution in [2.45, 2.75) is 6.61 Å². The van der Waals surface area contributed by atoms with Gasteiger partial charge in [-0.15, -0.1) is 0 Å². The highest BCUT2D eigenvalue weighted by atomic mass is 16.5. The van der Waals surface area contributed by atoms with E-state index in [0.717, 1.165) is 39.4 Å². The predicted octanol–water partition coefficient (Wildman–Crippen LogP) is 5.95. The number of rotatable bonds is 8.